The number of aliphatic hydroxyl groups excluding tert-OH is 1. The fraction of sp³-hybridized carbons (Fsp3) is 0.571. The minimum absolute atomic E-state index is 0.363. The lowest BCUT2D eigenvalue weighted by Crippen LogP contribution is -2.24. The summed E-state index contributed by atoms with van der Waals surface area (Å²) in [4.78, 5) is 10.5. The normalized spacial score (nSPS) is 26.6. The van der Waals surface area contributed by atoms with Crippen LogP contribution in [-0.4, -0.2) is 23.3 Å². The average molecular weight is 142 g/mol. The zero-order chi connectivity index (χ0) is 7.56. The first-order valence-corrected chi connectivity index (χ1v) is 3.31. The van der Waals surface area contributed by atoms with E-state index in [4.69, 9.17) is 9.84 Å². The molecule has 0 amide bonds. The Morgan fingerprint density at radius 2 is 2.60 bits per heavy atom. The van der Waals surface area contributed by atoms with Crippen molar-refractivity contribution in [2.75, 3.05) is 0 Å². The molecule has 0 aromatic carbocycles. The van der Waals surface area contributed by atoms with Crippen molar-refractivity contribution >= 4 is 5.97 Å². The molecule has 0 aromatic heterocycles. The number of carbonyl (C=O) groups excluding carboxylic acids is 1. The van der Waals surface area contributed by atoms with Crippen LogP contribution in [0.15, 0.2) is 12.2 Å². The predicted molar refractivity (Wildman–Crippen MR) is 35.3 cm³/mol. The largest absolute Gasteiger partial charge is 0.452 e. The summed E-state index contributed by atoms with van der Waals surface area (Å²) in [6.07, 6.45) is 2.54. The molecule has 1 N–H and O–H groups in total. The maximum atomic E-state index is 10.5. The van der Waals surface area contributed by atoms with Gasteiger partial charge in [0, 0.05) is 6.08 Å². The molecule has 2 unspecified atom stereocenters. The number of rotatable bonds is 2. The maximum absolute atomic E-state index is 10.5. The molecule has 56 valence electrons. The molecule has 10 heavy (non-hydrogen) atoms. The molecule has 0 bridgehead atoms. The Bertz CT molecular complexity index is 162. The number of carbonyl (C=O) groups is 1. The second kappa shape index (κ2) is 2.84. The molecular weight excluding hydrogens is 132 g/mol. The van der Waals surface area contributed by atoms with Crippen LogP contribution in [0.3, 0.4) is 0 Å². The highest BCUT2D eigenvalue weighted by molar-refractivity contribution is 5.84. The van der Waals surface area contributed by atoms with E-state index in [0.29, 0.717) is 6.42 Å². The first-order chi connectivity index (χ1) is 4.74. The van der Waals surface area contributed by atoms with E-state index >= 15 is 0 Å². The quantitative estimate of drug-likeness (QED) is 0.562. The average Bonchev–Trinajstić information content (AvgIpc) is 2.34. The van der Waals surface area contributed by atoms with Gasteiger partial charge in [0.15, 0.2) is 0 Å². The van der Waals surface area contributed by atoms with Gasteiger partial charge in [0.1, 0.15) is 6.10 Å². The van der Waals surface area contributed by atoms with E-state index in [1.54, 1.807) is 6.08 Å². The van der Waals surface area contributed by atoms with Gasteiger partial charge in [0.25, 0.3) is 0 Å². The number of esters is 1. The fourth-order valence-electron chi connectivity index (χ4n) is 0.825. The molecule has 3 nitrogen and oxygen atoms in total. The second-order valence-corrected chi connectivity index (χ2v) is 2.24. The molecule has 0 radical (unpaired) electrons. The number of hydrogen-bond acceptors (Lipinski definition) is 3. The lowest BCUT2D eigenvalue weighted by molar-refractivity contribution is -0.142. The van der Waals surface area contributed by atoms with E-state index in [9.17, 15) is 4.79 Å². The molecule has 0 spiro atoms. The minimum Gasteiger partial charge on any atom is -0.452 e. The molecule has 0 fully saturated rings. The number of aliphatic hydroxyl groups is 1. The fourth-order valence-corrected chi connectivity index (χ4v) is 0.825. The minimum atomic E-state index is -0.553. The summed E-state index contributed by atoms with van der Waals surface area (Å²) in [7, 11) is 0. The van der Waals surface area contributed by atoms with Gasteiger partial charge in [-0.2, -0.15) is 0 Å². The van der Waals surface area contributed by atoms with Gasteiger partial charge >= 0.3 is 5.97 Å². The Balaban J connectivity index is 2.46. The van der Waals surface area contributed by atoms with Crippen LogP contribution in [0.1, 0.15) is 13.3 Å². The van der Waals surface area contributed by atoms with Crippen molar-refractivity contribution in [3.05, 3.63) is 12.2 Å². The Hall–Kier alpha value is -0.830. The van der Waals surface area contributed by atoms with Gasteiger partial charge < -0.3 is 9.84 Å². The zero-order valence-electron chi connectivity index (χ0n) is 5.78. The van der Waals surface area contributed by atoms with Gasteiger partial charge in [0.2, 0.25) is 0 Å². The number of cyclic esters (lactones) is 1. The Kier molecular flexibility index (Phi) is 2.06. The molecule has 1 rings (SSSR count). The maximum Gasteiger partial charge on any atom is 0.331 e. The van der Waals surface area contributed by atoms with Crippen molar-refractivity contribution in [2.24, 2.45) is 0 Å². The van der Waals surface area contributed by atoms with Crippen LogP contribution in [0.2, 0.25) is 0 Å². The predicted octanol–water partition coefficient (Wildman–Crippen LogP) is 0.239. The molecule has 0 aromatic rings. The summed E-state index contributed by atoms with van der Waals surface area (Å²) < 4.78 is 4.71. The smallest absolute Gasteiger partial charge is 0.331 e. The molecule has 1 heterocycles. The first kappa shape index (κ1) is 7.28. The molecule has 3 heteroatoms. The molecule has 0 saturated carbocycles. The third-order valence-corrected chi connectivity index (χ3v) is 1.47. The summed E-state index contributed by atoms with van der Waals surface area (Å²) >= 11 is 0. The van der Waals surface area contributed by atoms with Crippen molar-refractivity contribution in [1.29, 1.82) is 0 Å². The lowest BCUT2D eigenvalue weighted by atomic mass is 10.1. The Labute approximate surface area is 59.3 Å². The topological polar surface area (TPSA) is 46.5 Å². The van der Waals surface area contributed by atoms with Gasteiger partial charge in [-0.05, 0) is 12.5 Å². The Morgan fingerprint density at radius 1 is 1.90 bits per heavy atom. The van der Waals surface area contributed by atoms with Crippen molar-refractivity contribution in [3.63, 3.8) is 0 Å². The molecular formula is C7H10O3. The molecule has 0 aliphatic carbocycles. The molecule has 1 aliphatic rings. The first-order valence-electron chi connectivity index (χ1n) is 3.31. The summed E-state index contributed by atoms with van der Waals surface area (Å²) in [5.41, 5.74) is 0. The highest BCUT2D eigenvalue weighted by Gasteiger charge is 2.22. The standard InChI is InChI=1S/C7H10O3/c1-2-5(8)6-3-4-7(9)10-6/h3-6,8H,2H2,1H3. The summed E-state index contributed by atoms with van der Waals surface area (Å²) in [5.74, 6) is -0.363. The van der Waals surface area contributed by atoms with Gasteiger partial charge in [-0.3, -0.25) is 0 Å². The second-order valence-electron chi connectivity index (χ2n) is 2.24. The summed E-state index contributed by atoms with van der Waals surface area (Å²) in [6, 6.07) is 0. The SMILES string of the molecule is CCC(O)C1C=CC(=O)O1. The lowest BCUT2D eigenvalue weighted by Gasteiger charge is -2.13. The van der Waals surface area contributed by atoms with Crippen molar-refractivity contribution < 1.29 is 14.6 Å². The third-order valence-electron chi connectivity index (χ3n) is 1.47. The van der Waals surface area contributed by atoms with Crippen LogP contribution in [-0.2, 0) is 9.53 Å². The number of ether oxygens (including phenoxy) is 1. The van der Waals surface area contributed by atoms with Gasteiger partial charge in [-0.25, -0.2) is 4.79 Å². The Morgan fingerprint density at radius 3 is 3.00 bits per heavy atom. The van der Waals surface area contributed by atoms with E-state index in [1.165, 1.54) is 6.08 Å². The van der Waals surface area contributed by atoms with Crippen LogP contribution in [0.5, 0.6) is 0 Å². The highest BCUT2D eigenvalue weighted by atomic mass is 16.6. The van der Waals surface area contributed by atoms with Crippen LogP contribution in [0, 0.1) is 0 Å². The van der Waals surface area contributed by atoms with Crippen LogP contribution in [0.4, 0.5) is 0 Å². The van der Waals surface area contributed by atoms with Crippen molar-refractivity contribution in [3.8, 4) is 0 Å². The van der Waals surface area contributed by atoms with Crippen LogP contribution >= 0.6 is 0 Å². The monoisotopic (exact) mass is 142 g/mol. The zero-order valence-corrected chi connectivity index (χ0v) is 5.78. The highest BCUT2D eigenvalue weighted by Crippen LogP contribution is 2.11. The van der Waals surface area contributed by atoms with Gasteiger partial charge in [-0.1, -0.05) is 6.92 Å². The third kappa shape index (κ3) is 1.36. The summed E-state index contributed by atoms with van der Waals surface area (Å²) in [5, 5.41) is 9.15. The molecule has 1 aliphatic heterocycles. The van der Waals surface area contributed by atoms with Crippen molar-refractivity contribution in [2.45, 2.75) is 25.6 Å². The number of hydrogen-bond donors (Lipinski definition) is 1. The van der Waals surface area contributed by atoms with Gasteiger partial charge in [0.05, 0.1) is 6.10 Å². The van der Waals surface area contributed by atoms with E-state index in [-0.39, 0.29) is 5.97 Å². The van der Waals surface area contributed by atoms with Crippen LogP contribution < -0.4 is 0 Å². The molecule has 0 saturated heterocycles. The molecule has 2 atom stereocenters. The van der Waals surface area contributed by atoms with Crippen molar-refractivity contribution in [1.82, 2.24) is 0 Å². The summed E-state index contributed by atoms with van der Waals surface area (Å²) in [6.45, 7) is 1.84. The van der Waals surface area contributed by atoms with E-state index in [0.717, 1.165) is 0 Å². The van der Waals surface area contributed by atoms with Crippen LogP contribution in [0.25, 0.3) is 0 Å². The van der Waals surface area contributed by atoms with Gasteiger partial charge in [-0.15, -0.1) is 0 Å². The van der Waals surface area contributed by atoms with E-state index < -0.39 is 12.2 Å². The van der Waals surface area contributed by atoms with E-state index in [1.807, 2.05) is 6.92 Å². The van der Waals surface area contributed by atoms with E-state index in [2.05, 4.69) is 0 Å².